The third-order valence-corrected chi connectivity index (χ3v) is 3.03. The maximum absolute atomic E-state index is 13.7. The Morgan fingerprint density at radius 3 is 2.89 bits per heavy atom. The molecule has 18 heavy (non-hydrogen) atoms. The van der Waals surface area contributed by atoms with Crippen molar-refractivity contribution in [2.75, 3.05) is 0 Å². The maximum atomic E-state index is 13.7. The quantitative estimate of drug-likeness (QED) is 0.857. The first-order valence-electron chi connectivity index (χ1n) is 4.92. The van der Waals surface area contributed by atoms with E-state index in [0.29, 0.717) is 5.03 Å². The summed E-state index contributed by atoms with van der Waals surface area (Å²) in [5.41, 5.74) is 0.334. The van der Waals surface area contributed by atoms with E-state index < -0.39 is 11.8 Å². The summed E-state index contributed by atoms with van der Waals surface area (Å²) in [4.78, 5) is 22.3. The van der Waals surface area contributed by atoms with E-state index in [2.05, 4.69) is 15.0 Å². The Morgan fingerprint density at radius 1 is 1.39 bits per heavy atom. The van der Waals surface area contributed by atoms with Gasteiger partial charge in [0.2, 0.25) is 0 Å². The van der Waals surface area contributed by atoms with Gasteiger partial charge in [-0.3, -0.25) is 0 Å². The van der Waals surface area contributed by atoms with Gasteiger partial charge >= 0.3 is 5.97 Å². The molecule has 0 aliphatic rings. The molecule has 1 N–H and O–H groups in total. The van der Waals surface area contributed by atoms with Crippen LogP contribution in [0.3, 0.4) is 0 Å². The highest BCUT2D eigenvalue weighted by Crippen LogP contribution is 2.27. The molecule has 0 spiro atoms. The minimum atomic E-state index is -1.06. The Morgan fingerprint density at radius 2 is 2.17 bits per heavy atom. The van der Waals surface area contributed by atoms with E-state index in [-0.39, 0.29) is 16.3 Å². The topological polar surface area (TPSA) is 76.0 Å². The lowest BCUT2D eigenvalue weighted by atomic mass is 10.3. The first-order chi connectivity index (χ1) is 8.58. The number of nitrogens with zero attached hydrogens (tertiary/aromatic N) is 3. The van der Waals surface area contributed by atoms with Crippen LogP contribution in [-0.2, 0) is 0 Å². The van der Waals surface area contributed by atoms with Crippen molar-refractivity contribution in [3.63, 3.8) is 0 Å². The Kier molecular flexibility index (Phi) is 3.52. The van der Waals surface area contributed by atoms with Crippen molar-refractivity contribution in [2.45, 2.75) is 17.0 Å². The molecule has 2 aromatic rings. The van der Waals surface area contributed by atoms with Crippen molar-refractivity contribution in [3.05, 3.63) is 41.7 Å². The summed E-state index contributed by atoms with van der Waals surface area (Å²) in [6.45, 7) is 1.53. The smallest absolute Gasteiger partial charge is 0.335 e. The minimum Gasteiger partial charge on any atom is -0.478 e. The number of hydrogen-bond acceptors (Lipinski definition) is 5. The Bertz CT molecular complexity index is 607. The Labute approximate surface area is 106 Å². The average molecular weight is 265 g/mol. The van der Waals surface area contributed by atoms with Crippen LogP contribution in [0.15, 0.2) is 34.7 Å². The van der Waals surface area contributed by atoms with Crippen LogP contribution in [0.1, 0.15) is 16.1 Å². The summed E-state index contributed by atoms with van der Waals surface area (Å²) in [6, 6.07) is 2.73. The molecule has 0 atom stereocenters. The molecule has 0 bridgehead atoms. The van der Waals surface area contributed by atoms with Crippen molar-refractivity contribution in [2.24, 2.45) is 0 Å². The predicted octanol–water partition coefficient (Wildman–Crippen LogP) is 2.17. The Hall–Kier alpha value is -2.02. The lowest BCUT2D eigenvalue weighted by molar-refractivity contribution is 0.0696. The number of carboxylic acids is 1. The van der Waals surface area contributed by atoms with Crippen LogP contribution in [-0.4, -0.2) is 26.0 Å². The number of rotatable bonds is 3. The Balaban J connectivity index is 2.31. The molecule has 0 aliphatic heterocycles. The largest absolute Gasteiger partial charge is 0.478 e. The zero-order valence-electron chi connectivity index (χ0n) is 9.29. The highest BCUT2D eigenvalue weighted by molar-refractivity contribution is 7.99. The zero-order valence-corrected chi connectivity index (χ0v) is 10.1. The van der Waals surface area contributed by atoms with E-state index in [1.165, 1.54) is 31.6 Å². The summed E-state index contributed by atoms with van der Waals surface area (Å²) >= 11 is 0.959. The summed E-state index contributed by atoms with van der Waals surface area (Å²) in [7, 11) is 0. The van der Waals surface area contributed by atoms with Gasteiger partial charge in [0.15, 0.2) is 5.82 Å². The van der Waals surface area contributed by atoms with Crippen molar-refractivity contribution in [1.29, 1.82) is 0 Å². The SMILES string of the molecule is Cc1ncnc(Sc2cc(C(=O)O)ccn2)c1F. The van der Waals surface area contributed by atoms with Gasteiger partial charge in [-0.05, 0) is 30.8 Å². The van der Waals surface area contributed by atoms with Crippen molar-refractivity contribution >= 4 is 17.7 Å². The second kappa shape index (κ2) is 5.09. The monoisotopic (exact) mass is 265 g/mol. The third kappa shape index (κ3) is 2.62. The van der Waals surface area contributed by atoms with E-state index in [0.717, 1.165) is 11.8 Å². The molecule has 7 heteroatoms. The maximum Gasteiger partial charge on any atom is 0.335 e. The molecule has 0 amide bonds. The first-order valence-corrected chi connectivity index (χ1v) is 5.74. The number of aromatic nitrogens is 3. The van der Waals surface area contributed by atoms with Gasteiger partial charge in [-0.25, -0.2) is 24.1 Å². The van der Waals surface area contributed by atoms with Gasteiger partial charge in [-0.1, -0.05) is 0 Å². The normalized spacial score (nSPS) is 10.3. The highest BCUT2D eigenvalue weighted by atomic mass is 32.2. The molecule has 92 valence electrons. The van der Waals surface area contributed by atoms with Gasteiger partial charge in [-0.15, -0.1) is 0 Å². The van der Waals surface area contributed by atoms with E-state index in [1.54, 1.807) is 0 Å². The number of hydrogen-bond donors (Lipinski definition) is 1. The van der Waals surface area contributed by atoms with Crippen LogP contribution in [0.4, 0.5) is 4.39 Å². The third-order valence-electron chi connectivity index (χ3n) is 2.11. The minimum absolute atomic E-state index is 0.0960. The molecule has 5 nitrogen and oxygen atoms in total. The number of carboxylic acid groups (broad SMARTS) is 1. The molecule has 0 unspecified atom stereocenters. The second-order valence-corrected chi connectivity index (χ2v) is 4.38. The van der Waals surface area contributed by atoms with Gasteiger partial charge < -0.3 is 5.11 Å². The predicted molar refractivity (Wildman–Crippen MR) is 62.0 cm³/mol. The summed E-state index contributed by atoms with van der Waals surface area (Å²) in [6.07, 6.45) is 2.61. The molecule has 2 rings (SSSR count). The van der Waals surface area contributed by atoms with Crippen LogP contribution >= 0.6 is 11.8 Å². The average Bonchev–Trinajstić information content (AvgIpc) is 2.35. The van der Waals surface area contributed by atoms with Gasteiger partial charge in [0.25, 0.3) is 0 Å². The van der Waals surface area contributed by atoms with Crippen LogP contribution < -0.4 is 0 Å². The second-order valence-electron chi connectivity index (χ2n) is 3.37. The molecule has 0 fully saturated rings. The first kappa shape index (κ1) is 12.4. The fourth-order valence-electron chi connectivity index (χ4n) is 1.20. The summed E-state index contributed by atoms with van der Waals surface area (Å²) in [5, 5.41) is 9.33. The number of carbonyl (C=O) groups is 1. The number of aryl methyl sites for hydroxylation is 1. The molecule has 2 heterocycles. The van der Waals surface area contributed by atoms with Gasteiger partial charge in [-0.2, -0.15) is 0 Å². The highest BCUT2D eigenvalue weighted by Gasteiger charge is 2.11. The number of aromatic carboxylic acids is 1. The molecule has 0 radical (unpaired) electrons. The summed E-state index contributed by atoms with van der Waals surface area (Å²) < 4.78 is 13.7. The lowest BCUT2D eigenvalue weighted by Gasteiger charge is -2.03. The van der Waals surface area contributed by atoms with E-state index in [9.17, 15) is 9.18 Å². The fraction of sp³-hybridized carbons (Fsp3) is 0.0909. The van der Waals surface area contributed by atoms with E-state index in [4.69, 9.17) is 5.11 Å². The standard InChI is InChI=1S/C11H8FN3O2S/c1-6-9(12)10(15-5-14-6)18-8-4-7(11(16)17)2-3-13-8/h2-5H,1H3,(H,16,17). The van der Waals surface area contributed by atoms with Crippen LogP contribution in [0.25, 0.3) is 0 Å². The van der Waals surface area contributed by atoms with Crippen molar-refractivity contribution in [1.82, 2.24) is 15.0 Å². The van der Waals surface area contributed by atoms with Gasteiger partial charge in [0.1, 0.15) is 16.4 Å². The molecule has 0 saturated carbocycles. The zero-order chi connectivity index (χ0) is 13.1. The summed E-state index contributed by atoms with van der Waals surface area (Å²) in [5.74, 6) is -1.58. The van der Waals surface area contributed by atoms with Crippen LogP contribution in [0.2, 0.25) is 0 Å². The molecular weight excluding hydrogens is 257 g/mol. The molecule has 0 aliphatic carbocycles. The fourth-order valence-corrected chi connectivity index (χ4v) is 2.04. The van der Waals surface area contributed by atoms with Crippen LogP contribution in [0.5, 0.6) is 0 Å². The van der Waals surface area contributed by atoms with Crippen molar-refractivity contribution in [3.8, 4) is 0 Å². The number of halogens is 1. The van der Waals surface area contributed by atoms with Crippen LogP contribution in [0, 0.1) is 12.7 Å². The number of pyridine rings is 1. The van der Waals surface area contributed by atoms with Gasteiger partial charge in [0.05, 0.1) is 11.3 Å². The lowest BCUT2D eigenvalue weighted by Crippen LogP contribution is -1.98. The molecule has 0 saturated heterocycles. The van der Waals surface area contributed by atoms with Gasteiger partial charge in [0, 0.05) is 6.20 Å². The molecule has 0 aromatic carbocycles. The van der Waals surface area contributed by atoms with E-state index >= 15 is 0 Å². The molecular formula is C11H8FN3O2S. The van der Waals surface area contributed by atoms with Crippen molar-refractivity contribution < 1.29 is 14.3 Å². The molecule has 2 aromatic heterocycles. The van der Waals surface area contributed by atoms with E-state index in [1.807, 2.05) is 0 Å².